The molecule has 3 nitrogen and oxygen atoms in total. The maximum Gasteiger partial charge on any atom is 0.195 e. The highest BCUT2D eigenvalue weighted by Gasteiger charge is 2.38. The van der Waals surface area contributed by atoms with Crippen LogP contribution in [0, 0.1) is 0 Å². The highest BCUT2D eigenvalue weighted by atomic mass is 16.7. The fourth-order valence-corrected chi connectivity index (χ4v) is 3.19. The Morgan fingerprint density at radius 1 is 1.05 bits per heavy atom. The second kappa shape index (κ2) is 5.61. The molecule has 3 heteroatoms. The van der Waals surface area contributed by atoms with Crippen LogP contribution in [0.1, 0.15) is 42.4 Å². The maximum atomic E-state index is 9.07. The second-order valence-electron chi connectivity index (χ2n) is 5.47. The van der Waals surface area contributed by atoms with E-state index in [0.29, 0.717) is 19.6 Å². The first-order valence-electron chi connectivity index (χ1n) is 7.35. The van der Waals surface area contributed by atoms with Gasteiger partial charge in [0.1, 0.15) is 0 Å². The number of benzene rings is 1. The number of fused-ring (bicyclic) bond motifs is 1. The first-order valence-corrected chi connectivity index (χ1v) is 7.35. The molecule has 1 fully saturated rings. The number of aryl methyl sites for hydroxylation is 2. The van der Waals surface area contributed by atoms with E-state index < -0.39 is 5.79 Å². The van der Waals surface area contributed by atoms with Gasteiger partial charge < -0.3 is 14.6 Å². The largest absolute Gasteiger partial charge is 0.396 e. The Hall–Kier alpha value is -0.900. The molecule has 0 bridgehead atoms. The van der Waals surface area contributed by atoms with Crippen LogP contribution in [0.25, 0.3) is 0 Å². The summed E-state index contributed by atoms with van der Waals surface area (Å²) in [4.78, 5) is 0. The first kappa shape index (κ1) is 13.1. The van der Waals surface area contributed by atoms with Crippen LogP contribution in [-0.2, 0) is 28.1 Å². The second-order valence-corrected chi connectivity index (χ2v) is 5.47. The smallest absolute Gasteiger partial charge is 0.195 e. The SMILES string of the molecule is OCCCC1(c2ccc3c(c2)CCCC3)OCCO1. The van der Waals surface area contributed by atoms with E-state index >= 15 is 0 Å². The number of ether oxygens (including phenoxy) is 2. The van der Waals surface area contributed by atoms with Gasteiger partial charge in [-0.25, -0.2) is 0 Å². The van der Waals surface area contributed by atoms with Gasteiger partial charge in [0.05, 0.1) is 13.2 Å². The molecule has 19 heavy (non-hydrogen) atoms. The van der Waals surface area contributed by atoms with Crippen molar-refractivity contribution in [1.82, 2.24) is 0 Å². The van der Waals surface area contributed by atoms with E-state index in [2.05, 4.69) is 18.2 Å². The molecule has 1 saturated heterocycles. The molecular weight excluding hydrogens is 240 g/mol. The van der Waals surface area contributed by atoms with E-state index in [0.717, 1.165) is 12.0 Å². The lowest BCUT2D eigenvalue weighted by Crippen LogP contribution is -2.28. The average molecular weight is 262 g/mol. The van der Waals surface area contributed by atoms with Crippen molar-refractivity contribution in [3.8, 4) is 0 Å². The summed E-state index contributed by atoms with van der Waals surface area (Å²) in [5.41, 5.74) is 4.05. The van der Waals surface area contributed by atoms with Gasteiger partial charge in [-0.2, -0.15) is 0 Å². The van der Waals surface area contributed by atoms with E-state index in [4.69, 9.17) is 14.6 Å². The number of aliphatic hydroxyl groups excluding tert-OH is 1. The highest BCUT2D eigenvalue weighted by molar-refractivity contribution is 5.36. The Morgan fingerprint density at radius 2 is 1.79 bits per heavy atom. The Kier molecular flexibility index (Phi) is 3.87. The molecule has 1 aliphatic heterocycles. The maximum absolute atomic E-state index is 9.07. The summed E-state index contributed by atoms with van der Waals surface area (Å²) in [6, 6.07) is 6.64. The van der Waals surface area contributed by atoms with Gasteiger partial charge in [-0.1, -0.05) is 18.2 Å². The van der Waals surface area contributed by atoms with Gasteiger partial charge in [0.25, 0.3) is 0 Å². The number of rotatable bonds is 4. The van der Waals surface area contributed by atoms with E-state index in [1.165, 1.54) is 36.8 Å². The standard InChI is InChI=1S/C16H22O3/c17-9-3-8-16(18-10-11-19-16)15-7-6-13-4-1-2-5-14(13)12-15/h6-7,12,17H,1-5,8-11H2. The van der Waals surface area contributed by atoms with Gasteiger partial charge >= 0.3 is 0 Å². The van der Waals surface area contributed by atoms with Crippen molar-refractivity contribution in [2.45, 2.75) is 44.3 Å². The predicted molar refractivity (Wildman–Crippen MR) is 73.0 cm³/mol. The van der Waals surface area contributed by atoms with Crippen LogP contribution in [0.4, 0.5) is 0 Å². The van der Waals surface area contributed by atoms with E-state index in [1.54, 1.807) is 0 Å². The molecule has 1 aliphatic carbocycles. The minimum absolute atomic E-state index is 0.180. The van der Waals surface area contributed by atoms with Crippen LogP contribution in [0.5, 0.6) is 0 Å². The zero-order chi connectivity index (χ0) is 13.1. The average Bonchev–Trinajstić information content (AvgIpc) is 2.95. The molecule has 0 aromatic heterocycles. The fourth-order valence-electron chi connectivity index (χ4n) is 3.19. The molecule has 0 spiro atoms. The quantitative estimate of drug-likeness (QED) is 0.906. The Labute approximate surface area is 114 Å². The lowest BCUT2D eigenvalue weighted by atomic mass is 9.88. The zero-order valence-electron chi connectivity index (χ0n) is 11.4. The molecule has 1 aromatic rings. The van der Waals surface area contributed by atoms with Crippen LogP contribution in [0.15, 0.2) is 18.2 Å². The van der Waals surface area contributed by atoms with Gasteiger partial charge in [0, 0.05) is 18.6 Å². The number of hydrogen-bond donors (Lipinski definition) is 1. The molecule has 1 aromatic carbocycles. The normalized spacial score (nSPS) is 21.3. The van der Waals surface area contributed by atoms with Crippen molar-refractivity contribution in [3.63, 3.8) is 0 Å². The molecule has 0 amide bonds. The third kappa shape index (κ3) is 2.55. The molecule has 1 N–H and O–H groups in total. The van der Waals surface area contributed by atoms with Crippen molar-refractivity contribution >= 4 is 0 Å². The monoisotopic (exact) mass is 262 g/mol. The van der Waals surface area contributed by atoms with Gasteiger partial charge in [0.15, 0.2) is 5.79 Å². The van der Waals surface area contributed by atoms with Crippen molar-refractivity contribution in [3.05, 3.63) is 34.9 Å². The molecule has 3 rings (SSSR count). The Bertz CT molecular complexity index is 436. The molecule has 0 atom stereocenters. The van der Waals surface area contributed by atoms with Crippen molar-refractivity contribution in [2.24, 2.45) is 0 Å². The van der Waals surface area contributed by atoms with E-state index in [9.17, 15) is 0 Å². The molecule has 0 saturated carbocycles. The molecule has 104 valence electrons. The van der Waals surface area contributed by atoms with Crippen LogP contribution >= 0.6 is 0 Å². The van der Waals surface area contributed by atoms with Gasteiger partial charge in [-0.05, 0) is 43.2 Å². The minimum atomic E-state index is -0.616. The summed E-state index contributed by atoms with van der Waals surface area (Å²) in [7, 11) is 0. The Morgan fingerprint density at radius 3 is 2.53 bits per heavy atom. The summed E-state index contributed by atoms with van der Waals surface area (Å²) < 4.78 is 11.8. The van der Waals surface area contributed by atoms with Crippen LogP contribution in [-0.4, -0.2) is 24.9 Å². The predicted octanol–water partition coefficient (Wildman–Crippen LogP) is 2.54. The fraction of sp³-hybridized carbons (Fsp3) is 0.625. The van der Waals surface area contributed by atoms with Crippen LogP contribution in [0.2, 0.25) is 0 Å². The van der Waals surface area contributed by atoms with Gasteiger partial charge in [0.2, 0.25) is 0 Å². The third-order valence-corrected chi connectivity index (χ3v) is 4.21. The van der Waals surface area contributed by atoms with Gasteiger partial charge in [-0.15, -0.1) is 0 Å². The molecular formula is C16H22O3. The van der Waals surface area contributed by atoms with Crippen molar-refractivity contribution < 1.29 is 14.6 Å². The molecule has 0 radical (unpaired) electrons. The summed E-state index contributed by atoms with van der Waals surface area (Å²) in [5.74, 6) is -0.616. The topological polar surface area (TPSA) is 38.7 Å². The summed E-state index contributed by atoms with van der Waals surface area (Å²) in [5, 5.41) is 9.07. The summed E-state index contributed by atoms with van der Waals surface area (Å²) in [6.07, 6.45) is 6.37. The van der Waals surface area contributed by atoms with Gasteiger partial charge in [-0.3, -0.25) is 0 Å². The first-order chi connectivity index (χ1) is 9.34. The number of aliphatic hydroxyl groups is 1. The molecule has 0 unspecified atom stereocenters. The van der Waals surface area contributed by atoms with E-state index in [1.807, 2.05) is 0 Å². The molecule has 2 aliphatic rings. The summed E-state index contributed by atoms with van der Waals surface area (Å²) in [6.45, 7) is 1.46. The lowest BCUT2D eigenvalue weighted by Gasteiger charge is -2.29. The highest BCUT2D eigenvalue weighted by Crippen LogP contribution is 2.37. The third-order valence-electron chi connectivity index (χ3n) is 4.21. The minimum Gasteiger partial charge on any atom is -0.396 e. The van der Waals surface area contributed by atoms with Crippen molar-refractivity contribution in [1.29, 1.82) is 0 Å². The molecule has 1 heterocycles. The number of hydrogen-bond acceptors (Lipinski definition) is 3. The summed E-state index contributed by atoms with van der Waals surface area (Å²) >= 11 is 0. The Balaban J connectivity index is 1.89. The van der Waals surface area contributed by atoms with E-state index in [-0.39, 0.29) is 6.61 Å². The van der Waals surface area contributed by atoms with Crippen LogP contribution in [0.3, 0.4) is 0 Å². The zero-order valence-corrected chi connectivity index (χ0v) is 11.4. The lowest BCUT2D eigenvalue weighted by molar-refractivity contribution is -0.172. The van der Waals surface area contributed by atoms with Crippen molar-refractivity contribution in [2.75, 3.05) is 19.8 Å². The van der Waals surface area contributed by atoms with Crippen LogP contribution < -0.4 is 0 Å².